The van der Waals surface area contributed by atoms with Crippen LogP contribution in [0.1, 0.15) is 5.56 Å². The van der Waals surface area contributed by atoms with Crippen molar-refractivity contribution in [3.63, 3.8) is 0 Å². The Labute approximate surface area is 167 Å². The molecule has 0 radical (unpaired) electrons. The molecule has 1 amide bonds. The van der Waals surface area contributed by atoms with Crippen LogP contribution in [0.3, 0.4) is 0 Å². The highest BCUT2D eigenvalue weighted by Crippen LogP contribution is 2.27. The van der Waals surface area contributed by atoms with Crippen molar-refractivity contribution in [2.24, 2.45) is 0 Å². The van der Waals surface area contributed by atoms with Gasteiger partial charge in [0.2, 0.25) is 5.91 Å². The van der Waals surface area contributed by atoms with Crippen LogP contribution in [0, 0.1) is 0 Å². The van der Waals surface area contributed by atoms with Crippen molar-refractivity contribution >= 4 is 17.3 Å². The topological polar surface area (TPSA) is 50.3 Å². The van der Waals surface area contributed by atoms with Crippen molar-refractivity contribution in [1.29, 1.82) is 0 Å². The maximum atomic E-state index is 12.6. The number of phenols is 1. The number of benzene rings is 2. The molecule has 1 aliphatic rings. The molecule has 1 heterocycles. The molecule has 3 rings (SSSR count). The van der Waals surface area contributed by atoms with Crippen molar-refractivity contribution in [2.45, 2.75) is 6.54 Å². The van der Waals surface area contributed by atoms with Crippen LogP contribution in [0.2, 0.25) is 0 Å². The lowest BCUT2D eigenvalue weighted by Crippen LogP contribution is -2.49. The maximum Gasteiger partial charge on any atom is 0.236 e. The number of nitrogens with zero attached hydrogens (tertiary/aromatic N) is 4. The first-order chi connectivity index (χ1) is 13.4. The quantitative estimate of drug-likeness (QED) is 0.830. The Balaban J connectivity index is 1.48. The molecule has 2 aromatic carbocycles. The molecule has 0 saturated carbocycles. The van der Waals surface area contributed by atoms with Gasteiger partial charge in [0.1, 0.15) is 5.75 Å². The van der Waals surface area contributed by atoms with Crippen LogP contribution in [0.25, 0.3) is 0 Å². The van der Waals surface area contributed by atoms with E-state index in [0.717, 1.165) is 43.1 Å². The summed E-state index contributed by atoms with van der Waals surface area (Å²) in [5, 5.41) is 10.0. The number of anilines is 2. The monoisotopic (exact) mass is 382 g/mol. The van der Waals surface area contributed by atoms with Gasteiger partial charge in [0, 0.05) is 59.6 Å². The highest BCUT2D eigenvalue weighted by molar-refractivity contribution is 5.78. The lowest BCUT2D eigenvalue weighted by atomic mass is 10.2. The molecular weight excluding hydrogens is 352 g/mol. The van der Waals surface area contributed by atoms with Crippen LogP contribution in [-0.4, -0.2) is 74.7 Å². The van der Waals surface area contributed by atoms with Crippen molar-refractivity contribution < 1.29 is 9.90 Å². The lowest BCUT2D eigenvalue weighted by Gasteiger charge is -2.36. The number of likely N-dealkylation sites (N-methyl/N-ethyl adjacent to an activating group) is 1. The molecule has 28 heavy (non-hydrogen) atoms. The zero-order valence-electron chi connectivity index (χ0n) is 17.0. The number of carbonyl (C=O) groups is 1. The second-order valence-electron chi connectivity index (χ2n) is 7.56. The van der Waals surface area contributed by atoms with Gasteiger partial charge in [0.05, 0.1) is 12.2 Å². The molecule has 0 spiro atoms. The van der Waals surface area contributed by atoms with E-state index in [2.05, 4.69) is 39.0 Å². The molecule has 0 unspecified atom stereocenters. The Morgan fingerprint density at radius 2 is 1.61 bits per heavy atom. The molecule has 150 valence electrons. The van der Waals surface area contributed by atoms with E-state index in [9.17, 15) is 9.90 Å². The number of hydrogen-bond donors (Lipinski definition) is 1. The van der Waals surface area contributed by atoms with Crippen molar-refractivity contribution in [3.05, 3.63) is 54.1 Å². The van der Waals surface area contributed by atoms with Gasteiger partial charge in [0.25, 0.3) is 0 Å². The summed E-state index contributed by atoms with van der Waals surface area (Å²) in [6.45, 7) is 4.28. The van der Waals surface area contributed by atoms with Gasteiger partial charge in [-0.2, -0.15) is 0 Å². The number of para-hydroxylation sites is 2. The van der Waals surface area contributed by atoms with E-state index < -0.39 is 0 Å². The number of hydrogen-bond acceptors (Lipinski definition) is 5. The van der Waals surface area contributed by atoms with Gasteiger partial charge in [-0.15, -0.1) is 0 Å². The van der Waals surface area contributed by atoms with E-state index in [0.29, 0.717) is 18.8 Å². The Morgan fingerprint density at radius 1 is 0.964 bits per heavy atom. The summed E-state index contributed by atoms with van der Waals surface area (Å²) in [6, 6.07) is 15.7. The van der Waals surface area contributed by atoms with E-state index in [1.165, 1.54) is 0 Å². The number of amides is 1. The van der Waals surface area contributed by atoms with Crippen LogP contribution in [0.4, 0.5) is 11.4 Å². The van der Waals surface area contributed by atoms with Gasteiger partial charge in [-0.05, 0) is 29.8 Å². The first-order valence-electron chi connectivity index (χ1n) is 9.69. The average molecular weight is 383 g/mol. The first-order valence-corrected chi connectivity index (χ1v) is 9.69. The number of aromatic hydroxyl groups is 1. The van der Waals surface area contributed by atoms with Crippen LogP contribution in [-0.2, 0) is 11.3 Å². The summed E-state index contributed by atoms with van der Waals surface area (Å²) in [4.78, 5) is 20.8. The van der Waals surface area contributed by atoms with Crippen molar-refractivity contribution in [2.75, 3.05) is 63.7 Å². The molecule has 1 aliphatic heterocycles. The van der Waals surface area contributed by atoms with E-state index in [1.54, 1.807) is 11.0 Å². The molecule has 1 fully saturated rings. The second kappa shape index (κ2) is 8.97. The minimum Gasteiger partial charge on any atom is -0.506 e. The highest BCUT2D eigenvalue weighted by Gasteiger charge is 2.22. The molecule has 0 atom stereocenters. The van der Waals surface area contributed by atoms with Crippen molar-refractivity contribution in [3.8, 4) is 5.75 Å². The molecule has 1 saturated heterocycles. The summed E-state index contributed by atoms with van der Waals surface area (Å²) in [5.74, 6) is 0.444. The van der Waals surface area contributed by atoms with Crippen LogP contribution >= 0.6 is 0 Å². The van der Waals surface area contributed by atoms with Crippen LogP contribution in [0.5, 0.6) is 5.75 Å². The summed E-state index contributed by atoms with van der Waals surface area (Å²) < 4.78 is 0. The zero-order chi connectivity index (χ0) is 20.1. The molecule has 1 N–H and O–H groups in total. The standard InChI is InChI=1S/C22H30N4O2/c1-23(2)19-10-8-18(9-11-19)16-24(3)22(28)17-25-12-14-26(15-13-25)20-6-4-5-7-21(20)27/h4-11,27H,12-17H2,1-3H3. The molecule has 0 aliphatic carbocycles. The number of piperazine rings is 1. The van der Waals surface area contributed by atoms with Gasteiger partial charge >= 0.3 is 0 Å². The second-order valence-corrected chi connectivity index (χ2v) is 7.56. The fraction of sp³-hybridized carbons (Fsp3) is 0.409. The Bertz CT molecular complexity index is 783. The van der Waals surface area contributed by atoms with Crippen LogP contribution < -0.4 is 9.80 Å². The van der Waals surface area contributed by atoms with E-state index in [4.69, 9.17) is 0 Å². The largest absolute Gasteiger partial charge is 0.506 e. The third-order valence-electron chi connectivity index (χ3n) is 5.25. The molecule has 0 bridgehead atoms. The number of rotatable bonds is 6. The van der Waals surface area contributed by atoms with Gasteiger partial charge in [0.15, 0.2) is 0 Å². The molecule has 0 aromatic heterocycles. The summed E-state index contributed by atoms with van der Waals surface area (Å²) in [6.07, 6.45) is 0. The maximum absolute atomic E-state index is 12.6. The number of carbonyl (C=O) groups excluding carboxylic acids is 1. The van der Waals surface area contributed by atoms with E-state index >= 15 is 0 Å². The zero-order valence-corrected chi connectivity index (χ0v) is 17.0. The highest BCUT2D eigenvalue weighted by atomic mass is 16.3. The summed E-state index contributed by atoms with van der Waals surface area (Å²) >= 11 is 0. The Kier molecular flexibility index (Phi) is 6.41. The van der Waals surface area contributed by atoms with E-state index in [-0.39, 0.29) is 5.91 Å². The average Bonchev–Trinajstić information content (AvgIpc) is 2.69. The van der Waals surface area contributed by atoms with Gasteiger partial charge in [-0.25, -0.2) is 0 Å². The van der Waals surface area contributed by atoms with Gasteiger partial charge in [-0.1, -0.05) is 24.3 Å². The van der Waals surface area contributed by atoms with Gasteiger partial charge < -0.3 is 19.8 Å². The molecule has 2 aromatic rings. The lowest BCUT2D eigenvalue weighted by molar-refractivity contribution is -0.131. The van der Waals surface area contributed by atoms with Crippen molar-refractivity contribution in [1.82, 2.24) is 9.80 Å². The van der Waals surface area contributed by atoms with E-state index in [1.807, 2.05) is 39.3 Å². The third kappa shape index (κ3) is 4.95. The Hall–Kier alpha value is -2.73. The fourth-order valence-electron chi connectivity index (χ4n) is 3.45. The predicted molar refractivity (Wildman–Crippen MR) is 114 cm³/mol. The molecule has 6 nitrogen and oxygen atoms in total. The number of phenolic OH excluding ortho intramolecular Hbond substituents is 1. The van der Waals surface area contributed by atoms with Gasteiger partial charge in [-0.3, -0.25) is 9.69 Å². The normalized spacial score (nSPS) is 14.8. The summed E-state index contributed by atoms with van der Waals surface area (Å²) in [7, 11) is 5.90. The smallest absolute Gasteiger partial charge is 0.236 e. The fourth-order valence-corrected chi connectivity index (χ4v) is 3.45. The predicted octanol–water partition coefficient (Wildman–Crippen LogP) is 2.24. The summed E-state index contributed by atoms with van der Waals surface area (Å²) in [5.41, 5.74) is 3.15. The third-order valence-corrected chi connectivity index (χ3v) is 5.25. The minimum atomic E-state index is 0.132. The Morgan fingerprint density at radius 3 is 2.21 bits per heavy atom. The van der Waals surface area contributed by atoms with Crippen LogP contribution in [0.15, 0.2) is 48.5 Å². The first kappa shape index (κ1) is 20.0. The molecule has 6 heteroatoms. The minimum absolute atomic E-state index is 0.132. The molecular formula is C22H30N4O2. The SMILES string of the molecule is CN(Cc1ccc(N(C)C)cc1)C(=O)CN1CCN(c2ccccc2O)CC1.